The number of halogens is 3. The molecule has 0 aliphatic heterocycles. The van der Waals surface area contributed by atoms with Crippen molar-refractivity contribution >= 4 is 27.5 Å². The van der Waals surface area contributed by atoms with E-state index in [1.807, 2.05) is 0 Å². The zero-order valence-corrected chi connectivity index (χ0v) is 10.8. The van der Waals surface area contributed by atoms with Crippen LogP contribution in [0.1, 0.15) is 16.1 Å². The number of hydrogen-bond acceptors (Lipinski definition) is 2. The summed E-state index contributed by atoms with van der Waals surface area (Å²) < 4.78 is 31.7. The lowest BCUT2D eigenvalue weighted by Gasteiger charge is -2.06. The fraction of sp³-hybridized carbons (Fsp3) is 0.0833. The Balaban J connectivity index is 2.28. The van der Waals surface area contributed by atoms with Crippen molar-refractivity contribution in [2.75, 3.05) is 5.32 Å². The lowest BCUT2D eigenvalue weighted by atomic mass is 10.2. The molecule has 18 heavy (non-hydrogen) atoms. The molecule has 2 aromatic rings. The molecule has 1 aromatic heterocycles. The highest BCUT2D eigenvalue weighted by molar-refractivity contribution is 9.10. The van der Waals surface area contributed by atoms with Gasteiger partial charge in [0.05, 0.1) is 16.4 Å². The Hall–Kier alpha value is -1.69. The topological polar surface area (TPSA) is 42.2 Å². The van der Waals surface area contributed by atoms with Gasteiger partial charge in [0.15, 0.2) is 5.76 Å². The molecule has 1 aromatic carbocycles. The monoisotopic (exact) mass is 315 g/mol. The van der Waals surface area contributed by atoms with Gasteiger partial charge in [-0.25, -0.2) is 8.78 Å². The molecule has 2 rings (SSSR count). The largest absolute Gasteiger partial charge is 0.459 e. The molecule has 0 saturated heterocycles. The second-order valence-electron chi connectivity index (χ2n) is 3.63. The molecule has 1 amide bonds. The third-order valence-corrected chi connectivity index (χ3v) is 2.93. The van der Waals surface area contributed by atoms with Crippen LogP contribution in [0.2, 0.25) is 0 Å². The quantitative estimate of drug-likeness (QED) is 0.854. The average Bonchev–Trinajstić information content (AvgIpc) is 2.72. The summed E-state index contributed by atoms with van der Waals surface area (Å²) in [5.41, 5.74) is 0.377. The van der Waals surface area contributed by atoms with Crippen LogP contribution in [0.4, 0.5) is 14.5 Å². The maximum atomic E-state index is 13.5. The van der Waals surface area contributed by atoms with E-state index in [2.05, 4.69) is 21.2 Å². The van der Waals surface area contributed by atoms with Crippen LogP contribution in [0.5, 0.6) is 0 Å². The Kier molecular flexibility index (Phi) is 3.47. The van der Waals surface area contributed by atoms with Crippen LogP contribution in [-0.2, 0) is 0 Å². The molecule has 0 saturated carbocycles. The highest BCUT2D eigenvalue weighted by atomic mass is 79.9. The zero-order valence-electron chi connectivity index (χ0n) is 9.26. The normalized spacial score (nSPS) is 10.4. The number of benzene rings is 1. The van der Waals surface area contributed by atoms with Crippen molar-refractivity contribution < 1.29 is 18.0 Å². The van der Waals surface area contributed by atoms with E-state index in [0.29, 0.717) is 5.56 Å². The molecule has 94 valence electrons. The Bertz CT molecular complexity index is 610. The number of nitrogens with one attached hydrogen (secondary N) is 1. The SMILES string of the molecule is Cc1ccoc1C(=O)Nc1cc(F)c(Br)cc1F. The molecular weight excluding hydrogens is 308 g/mol. The molecule has 1 N–H and O–H groups in total. The van der Waals surface area contributed by atoms with Gasteiger partial charge >= 0.3 is 0 Å². The summed E-state index contributed by atoms with van der Waals surface area (Å²) in [5, 5.41) is 2.25. The van der Waals surface area contributed by atoms with Gasteiger partial charge in [-0.3, -0.25) is 4.79 Å². The second-order valence-corrected chi connectivity index (χ2v) is 4.49. The minimum absolute atomic E-state index is 0.00724. The summed E-state index contributed by atoms with van der Waals surface area (Å²) in [5.74, 6) is -1.96. The van der Waals surface area contributed by atoms with Crippen molar-refractivity contribution in [1.82, 2.24) is 0 Å². The highest BCUT2D eigenvalue weighted by Gasteiger charge is 2.16. The number of anilines is 1. The zero-order chi connectivity index (χ0) is 13.3. The lowest BCUT2D eigenvalue weighted by molar-refractivity contribution is 0.0995. The first kappa shape index (κ1) is 12.8. The van der Waals surface area contributed by atoms with E-state index in [4.69, 9.17) is 4.42 Å². The average molecular weight is 316 g/mol. The Morgan fingerprint density at radius 3 is 2.67 bits per heavy atom. The first-order valence-corrected chi connectivity index (χ1v) is 5.78. The van der Waals surface area contributed by atoms with Crippen LogP contribution in [0.3, 0.4) is 0 Å². The predicted octanol–water partition coefficient (Wildman–Crippen LogP) is 3.88. The van der Waals surface area contributed by atoms with Gasteiger partial charge in [-0.2, -0.15) is 0 Å². The van der Waals surface area contributed by atoms with E-state index >= 15 is 0 Å². The second kappa shape index (κ2) is 4.89. The molecule has 0 fully saturated rings. The van der Waals surface area contributed by atoms with E-state index in [9.17, 15) is 13.6 Å². The van der Waals surface area contributed by atoms with Gasteiger partial charge in [0, 0.05) is 11.6 Å². The van der Waals surface area contributed by atoms with Gasteiger partial charge in [0.1, 0.15) is 11.6 Å². The van der Waals surface area contributed by atoms with Crippen LogP contribution in [-0.4, -0.2) is 5.91 Å². The van der Waals surface area contributed by atoms with Crippen LogP contribution < -0.4 is 5.32 Å². The number of hydrogen-bond donors (Lipinski definition) is 1. The number of rotatable bonds is 2. The van der Waals surface area contributed by atoms with Gasteiger partial charge in [-0.15, -0.1) is 0 Å². The van der Waals surface area contributed by atoms with Gasteiger partial charge in [-0.05, 0) is 35.0 Å². The molecule has 0 bridgehead atoms. The third-order valence-electron chi connectivity index (χ3n) is 2.33. The van der Waals surface area contributed by atoms with Gasteiger partial charge in [0.25, 0.3) is 5.91 Å². The smallest absolute Gasteiger partial charge is 0.291 e. The van der Waals surface area contributed by atoms with Crippen LogP contribution in [0.15, 0.2) is 33.4 Å². The first-order chi connectivity index (χ1) is 8.49. The van der Waals surface area contributed by atoms with Crippen molar-refractivity contribution in [2.24, 2.45) is 0 Å². The summed E-state index contributed by atoms with van der Waals surface area (Å²) in [6, 6.07) is 3.45. The van der Waals surface area contributed by atoms with Crippen LogP contribution in [0, 0.1) is 18.6 Å². The maximum Gasteiger partial charge on any atom is 0.291 e. The molecule has 0 radical (unpaired) electrons. The molecular formula is C12H8BrF2NO2. The van der Waals surface area contributed by atoms with Gasteiger partial charge < -0.3 is 9.73 Å². The number of aryl methyl sites for hydroxylation is 1. The Morgan fingerprint density at radius 1 is 1.33 bits per heavy atom. The number of furan rings is 1. The van der Waals surface area contributed by atoms with E-state index in [0.717, 1.165) is 12.1 Å². The molecule has 0 unspecified atom stereocenters. The van der Waals surface area contributed by atoms with Crippen molar-refractivity contribution in [3.05, 3.63) is 51.9 Å². The molecule has 0 aliphatic rings. The molecule has 1 heterocycles. The summed E-state index contributed by atoms with van der Waals surface area (Å²) in [6.45, 7) is 1.68. The van der Waals surface area contributed by atoms with Crippen molar-refractivity contribution in [1.29, 1.82) is 0 Å². The number of carbonyl (C=O) groups excluding carboxylic acids is 1. The van der Waals surface area contributed by atoms with Crippen LogP contribution >= 0.6 is 15.9 Å². The highest BCUT2D eigenvalue weighted by Crippen LogP contribution is 2.24. The summed E-state index contributed by atoms with van der Waals surface area (Å²) in [7, 11) is 0. The summed E-state index contributed by atoms with van der Waals surface area (Å²) in [4.78, 5) is 11.7. The summed E-state index contributed by atoms with van der Waals surface area (Å²) >= 11 is 2.85. The van der Waals surface area contributed by atoms with E-state index in [1.54, 1.807) is 13.0 Å². The summed E-state index contributed by atoms with van der Waals surface area (Å²) in [6.07, 6.45) is 1.35. The predicted molar refractivity (Wildman–Crippen MR) is 65.5 cm³/mol. The van der Waals surface area contributed by atoms with E-state index < -0.39 is 17.5 Å². The van der Waals surface area contributed by atoms with Crippen molar-refractivity contribution in [3.63, 3.8) is 0 Å². The van der Waals surface area contributed by atoms with Gasteiger partial charge in [-0.1, -0.05) is 0 Å². The van der Waals surface area contributed by atoms with Gasteiger partial charge in [0.2, 0.25) is 0 Å². The molecule has 0 spiro atoms. The van der Waals surface area contributed by atoms with E-state index in [-0.39, 0.29) is 15.9 Å². The van der Waals surface area contributed by atoms with Crippen LogP contribution in [0.25, 0.3) is 0 Å². The molecule has 3 nitrogen and oxygen atoms in total. The molecule has 0 atom stereocenters. The first-order valence-electron chi connectivity index (χ1n) is 4.99. The van der Waals surface area contributed by atoms with E-state index in [1.165, 1.54) is 6.26 Å². The Labute approximate surface area is 110 Å². The Morgan fingerprint density at radius 2 is 2.06 bits per heavy atom. The fourth-order valence-corrected chi connectivity index (χ4v) is 1.72. The number of carbonyl (C=O) groups is 1. The minimum Gasteiger partial charge on any atom is -0.459 e. The molecule has 6 heteroatoms. The lowest BCUT2D eigenvalue weighted by Crippen LogP contribution is -2.13. The molecule has 0 aliphatic carbocycles. The van der Waals surface area contributed by atoms with Crippen molar-refractivity contribution in [3.8, 4) is 0 Å². The maximum absolute atomic E-state index is 13.5. The standard InChI is InChI=1S/C12H8BrF2NO2/c1-6-2-3-18-11(6)12(17)16-10-5-8(14)7(13)4-9(10)15/h2-5H,1H3,(H,16,17). The minimum atomic E-state index is -0.735. The fourth-order valence-electron chi connectivity index (χ4n) is 1.40. The third kappa shape index (κ3) is 2.43. The number of amides is 1. The van der Waals surface area contributed by atoms with Crippen molar-refractivity contribution in [2.45, 2.75) is 6.92 Å².